The highest BCUT2D eigenvalue weighted by molar-refractivity contribution is 6.42. The minimum atomic E-state index is -0.397. The van der Waals surface area contributed by atoms with Gasteiger partial charge in [0, 0.05) is 12.2 Å². The summed E-state index contributed by atoms with van der Waals surface area (Å²) in [7, 11) is 0. The van der Waals surface area contributed by atoms with Gasteiger partial charge in [0.25, 0.3) is 0 Å². The van der Waals surface area contributed by atoms with Crippen LogP contribution in [0.25, 0.3) is 0 Å². The van der Waals surface area contributed by atoms with Gasteiger partial charge in [-0.05, 0) is 36.8 Å². The van der Waals surface area contributed by atoms with Crippen molar-refractivity contribution in [3.8, 4) is 6.07 Å². The Balaban J connectivity index is 1.73. The Bertz CT molecular complexity index is 787. The van der Waals surface area contributed by atoms with Crippen LogP contribution >= 0.6 is 23.2 Å². The lowest BCUT2D eigenvalue weighted by molar-refractivity contribution is -0.117. The summed E-state index contributed by atoms with van der Waals surface area (Å²) in [5.41, 5.74) is 0.936. The van der Waals surface area contributed by atoms with Gasteiger partial charge in [0.15, 0.2) is 5.69 Å². The molecular formula is C15H11Cl2N5O. The minimum absolute atomic E-state index is 0.0745. The van der Waals surface area contributed by atoms with E-state index >= 15 is 0 Å². The van der Waals surface area contributed by atoms with Crippen molar-refractivity contribution < 1.29 is 4.79 Å². The van der Waals surface area contributed by atoms with Gasteiger partial charge >= 0.3 is 0 Å². The highest BCUT2D eigenvalue weighted by Gasteiger charge is 2.33. The molecule has 1 saturated heterocycles. The van der Waals surface area contributed by atoms with Crippen LogP contribution in [-0.2, 0) is 4.79 Å². The Morgan fingerprint density at radius 1 is 1.22 bits per heavy atom. The van der Waals surface area contributed by atoms with E-state index in [1.807, 2.05) is 6.07 Å². The molecule has 3 rings (SSSR count). The van der Waals surface area contributed by atoms with Crippen molar-refractivity contribution in [2.45, 2.75) is 12.5 Å². The average molecular weight is 348 g/mol. The molecule has 1 fully saturated rings. The maximum absolute atomic E-state index is 12.5. The molecule has 1 aromatic heterocycles. The number of carbonyl (C=O) groups is 1. The number of carbonyl (C=O) groups excluding carboxylic acids is 1. The number of hydrogen-bond donors (Lipinski definition) is 1. The van der Waals surface area contributed by atoms with E-state index in [1.165, 1.54) is 0 Å². The normalized spacial score (nSPS) is 17.2. The second-order valence-corrected chi connectivity index (χ2v) is 5.80. The first-order valence-corrected chi connectivity index (χ1v) is 7.61. The van der Waals surface area contributed by atoms with Crippen LogP contribution in [0.1, 0.15) is 12.1 Å². The number of nitrogens with one attached hydrogen (secondary N) is 1. The molecule has 6 nitrogen and oxygen atoms in total. The summed E-state index contributed by atoms with van der Waals surface area (Å²) in [5.74, 6) is 0.382. The second-order valence-electron chi connectivity index (χ2n) is 4.99. The molecule has 1 aromatic carbocycles. The number of nitrogens with zero attached hydrogens (tertiary/aromatic N) is 4. The van der Waals surface area contributed by atoms with E-state index in [0.29, 0.717) is 34.5 Å². The zero-order valence-corrected chi connectivity index (χ0v) is 13.3. The molecule has 23 heavy (non-hydrogen) atoms. The van der Waals surface area contributed by atoms with Crippen LogP contribution in [0.2, 0.25) is 10.0 Å². The quantitative estimate of drug-likeness (QED) is 0.922. The Labute approximate surface area is 142 Å². The maximum atomic E-state index is 12.5. The van der Waals surface area contributed by atoms with Crippen molar-refractivity contribution in [3.63, 3.8) is 0 Å². The third-order valence-electron chi connectivity index (χ3n) is 3.52. The van der Waals surface area contributed by atoms with Gasteiger partial charge in [0.05, 0.1) is 10.0 Å². The topological polar surface area (TPSA) is 81.9 Å². The van der Waals surface area contributed by atoms with Crippen molar-refractivity contribution in [1.82, 2.24) is 10.2 Å². The Hall–Kier alpha value is -2.36. The molecule has 0 spiro atoms. The SMILES string of the molecule is N#Cc1ccc(N[C@@H]2CCN(c3ccc(Cl)c(Cl)c3)C2=O)nn1. The first kappa shape index (κ1) is 15.5. The zero-order valence-electron chi connectivity index (χ0n) is 11.8. The third kappa shape index (κ3) is 3.21. The van der Waals surface area contributed by atoms with Crippen molar-refractivity contribution in [2.24, 2.45) is 0 Å². The van der Waals surface area contributed by atoms with E-state index in [0.717, 1.165) is 0 Å². The Morgan fingerprint density at radius 3 is 2.70 bits per heavy atom. The summed E-state index contributed by atoms with van der Waals surface area (Å²) in [6.45, 7) is 0.568. The lowest BCUT2D eigenvalue weighted by Gasteiger charge is -2.18. The predicted molar refractivity (Wildman–Crippen MR) is 87.6 cm³/mol. The highest BCUT2D eigenvalue weighted by atomic mass is 35.5. The Morgan fingerprint density at radius 2 is 2.04 bits per heavy atom. The van der Waals surface area contributed by atoms with E-state index < -0.39 is 6.04 Å². The molecule has 1 atom stereocenters. The van der Waals surface area contributed by atoms with Crippen LogP contribution < -0.4 is 10.2 Å². The fourth-order valence-corrected chi connectivity index (χ4v) is 2.66. The molecule has 0 radical (unpaired) electrons. The van der Waals surface area contributed by atoms with Crippen molar-refractivity contribution in [1.29, 1.82) is 5.26 Å². The summed E-state index contributed by atoms with van der Waals surface area (Å²) in [5, 5.41) is 20.2. The number of hydrogen-bond acceptors (Lipinski definition) is 5. The van der Waals surface area contributed by atoms with Gasteiger partial charge in [-0.3, -0.25) is 4.79 Å². The van der Waals surface area contributed by atoms with Gasteiger partial charge in [0.2, 0.25) is 5.91 Å². The van der Waals surface area contributed by atoms with Crippen molar-refractivity contribution in [2.75, 3.05) is 16.8 Å². The van der Waals surface area contributed by atoms with E-state index in [-0.39, 0.29) is 11.6 Å². The summed E-state index contributed by atoms with van der Waals surface area (Å²) >= 11 is 11.9. The molecule has 0 saturated carbocycles. The van der Waals surface area contributed by atoms with E-state index in [4.69, 9.17) is 28.5 Å². The molecule has 1 N–H and O–H groups in total. The minimum Gasteiger partial charge on any atom is -0.357 e. The van der Waals surface area contributed by atoms with E-state index in [2.05, 4.69) is 15.5 Å². The average Bonchev–Trinajstić information content (AvgIpc) is 2.92. The monoisotopic (exact) mass is 347 g/mol. The van der Waals surface area contributed by atoms with Gasteiger partial charge in [-0.1, -0.05) is 23.2 Å². The highest BCUT2D eigenvalue weighted by Crippen LogP contribution is 2.30. The zero-order chi connectivity index (χ0) is 16.4. The number of aromatic nitrogens is 2. The van der Waals surface area contributed by atoms with Crippen molar-refractivity contribution >= 4 is 40.6 Å². The lowest BCUT2D eigenvalue weighted by atomic mass is 10.2. The first-order valence-electron chi connectivity index (χ1n) is 6.85. The van der Waals surface area contributed by atoms with Gasteiger partial charge in [0.1, 0.15) is 17.9 Å². The van der Waals surface area contributed by atoms with Crippen LogP contribution in [0.4, 0.5) is 11.5 Å². The van der Waals surface area contributed by atoms with Crippen molar-refractivity contribution in [3.05, 3.63) is 46.1 Å². The number of rotatable bonds is 3. The number of anilines is 2. The second kappa shape index (κ2) is 6.41. The third-order valence-corrected chi connectivity index (χ3v) is 4.26. The standard InChI is InChI=1S/C15H11Cl2N5O/c16-11-3-2-10(7-12(11)17)22-6-5-13(15(22)23)19-14-4-1-9(8-18)20-21-14/h1-4,7,13H,5-6H2,(H,19,21)/t13-/m1/s1. The predicted octanol–water partition coefficient (Wildman–Crippen LogP) is 2.87. The van der Waals surface area contributed by atoms with E-state index in [1.54, 1.807) is 35.2 Å². The van der Waals surface area contributed by atoms with Crippen LogP contribution in [-0.4, -0.2) is 28.7 Å². The van der Waals surface area contributed by atoms with Gasteiger partial charge in [-0.15, -0.1) is 10.2 Å². The summed E-state index contributed by atoms with van der Waals surface area (Å²) in [6.07, 6.45) is 0.626. The summed E-state index contributed by atoms with van der Waals surface area (Å²) in [4.78, 5) is 14.2. The number of amides is 1. The molecule has 0 aliphatic carbocycles. The number of halogens is 2. The van der Waals surface area contributed by atoms with Gasteiger partial charge in [-0.25, -0.2) is 0 Å². The molecule has 1 amide bonds. The Kier molecular flexibility index (Phi) is 4.33. The van der Waals surface area contributed by atoms with Crippen LogP contribution in [0.15, 0.2) is 30.3 Å². The molecule has 0 unspecified atom stereocenters. The van der Waals surface area contributed by atoms with Crippen LogP contribution in [0.5, 0.6) is 0 Å². The molecule has 0 bridgehead atoms. The fraction of sp³-hybridized carbons (Fsp3) is 0.200. The first-order chi connectivity index (χ1) is 11.1. The molecule has 1 aliphatic heterocycles. The maximum Gasteiger partial charge on any atom is 0.249 e. The smallest absolute Gasteiger partial charge is 0.249 e. The molecule has 8 heteroatoms. The molecule has 2 aromatic rings. The lowest BCUT2D eigenvalue weighted by Crippen LogP contribution is -2.33. The molecule has 116 valence electrons. The molecular weight excluding hydrogens is 337 g/mol. The van der Waals surface area contributed by atoms with Gasteiger partial charge < -0.3 is 10.2 Å². The number of nitriles is 1. The van der Waals surface area contributed by atoms with Gasteiger partial charge in [-0.2, -0.15) is 5.26 Å². The molecule has 2 heterocycles. The summed E-state index contributed by atoms with van der Waals surface area (Å²) < 4.78 is 0. The number of benzene rings is 1. The molecule has 1 aliphatic rings. The van der Waals surface area contributed by atoms with E-state index in [9.17, 15) is 4.79 Å². The van der Waals surface area contributed by atoms with Crippen LogP contribution in [0, 0.1) is 11.3 Å². The summed E-state index contributed by atoms with van der Waals surface area (Å²) in [6, 6.07) is 9.77. The largest absolute Gasteiger partial charge is 0.357 e. The fourth-order valence-electron chi connectivity index (χ4n) is 2.37. The van der Waals surface area contributed by atoms with Crippen LogP contribution in [0.3, 0.4) is 0 Å².